The van der Waals surface area contributed by atoms with Crippen LogP contribution in [0.5, 0.6) is 0 Å². The summed E-state index contributed by atoms with van der Waals surface area (Å²) in [6.45, 7) is -0.641. The molecule has 7 nitrogen and oxygen atoms in total. The highest BCUT2D eigenvalue weighted by atomic mass is 35.5. The van der Waals surface area contributed by atoms with Gasteiger partial charge in [-0.1, -0.05) is 24.4 Å². The molecular formula is C19H25ClF2N4O3S2. The molecule has 0 unspecified atom stereocenters. The summed E-state index contributed by atoms with van der Waals surface area (Å²) in [5.41, 5.74) is 0.281. The summed E-state index contributed by atoms with van der Waals surface area (Å²) in [4.78, 5) is 5.16. The van der Waals surface area contributed by atoms with Crippen LogP contribution in [0.15, 0.2) is 28.6 Å². The Hall–Kier alpha value is -1.53. The van der Waals surface area contributed by atoms with Gasteiger partial charge in [0.25, 0.3) is 10.0 Å². The van der Waals surface area contributed by atoms with Gasteiger partial charge in [0.2, 0.25) is 0 Å². The lowest BCUT2D eigenvalue weighted by Gasteiger charge is -2.39. The molecule has 3 atom stereocenters. The number of benzene rings is 1. The summed E-state index contributed by atoms with van der Waals surface area (Å²) in [6.07, 6.45) is 3.92. The molecule has 3 N–H and O–H groups in total. The van der Waals surface area contributed by atoms with Crippen LogP contribution in [-0.4, -0.2) is 61.9 Å². The number of likely N-dealkylation sites (N-methyl/N-ethyl adjacent to an activating group) is 1. The highest BCUT2D eigenvalue weighted by molar-refractivity contribution is 7.93. The number of thiazole rings is 1. The molecule has 0 spiro atoms. The van der Waals surface area contributed by atoms with Crippen molar-refractivity contribution in [2.75, 3.05) is 30.3 Å². The summed E-state index contributed by atoms with van der Waals surface area (Å²) in [6, 6.07) is 2.02. The molecular weight excluding hydrogens is 470 g/mol. The number of halogens is 3. The minimum Gasteiger partial charge on any atom is -0.389 e. The fourth-order valence-corrected chi connectivity index (χ4v) is 5.97. The quantitative estimate of drug-likeness (QED) is 0.492. The van der Waals surface area contributed by atoms with E-state index in [1.807, 2.05) is 11.9 Å². The molecule has 0 saturated heterocycles. The summed E-state index contributed by atoms with van der Waals surface area (Å²) in [5.74, 6) is -0.940. The summed E-state index contributed by atoms with van der Waals surface area (Å²) < 4.78 is 54.7. The van der Waals surface area contributed by atoms with Crippen molar-refractivity contribution in [3.05, 3.63) is 34.5 Å². The van der Waals surface area contributed by atoms with E-state index < -0.39 is 33.5 Å². The van der Waals surface area contributed by atoms with Gasteiger partial charge in [0.05, 0.1) is 16.8 Å². The standard InChI is InChI=1S/C19H25ClF2N4O3S2/c1-26(11-12(27)10-21)17-5-3-2-4-15(17)24-16-9-14(22)18(8-13(16)20)31(28,29)25-19-23-6-7-30-19/h6-9,12,15,17,24,27H,2-5,10-11H2,1H3,(H,23,25)/t12-,15-,17-/m0/s1. The van der Waals surface area contributed by atoms with E-state index >= 15 is 0 Å². The van der Waals surface area contributed by atoms with Crippen molar-refractivity contribution >= 4 is 43.8 Å². The Morgan fingerprint density at radius 2 is 2.13 bits per heavy atom. The van der Waals surface area contributed by atoms with E-state index in [1.165, 1.54) is 6.20 Å². The van der Waals surface area contributed by atoms with Crippen molar-refractivity contribution < 1.29 is 22.3 Å². The predicted octanol–water partition coefficient (Wildman–Crippen LogP) is 3.72. The van der Waals surface area contributed by atoms with E-state index in [1.54, 1.807) is 5.38 Å². The Bertz CT molecular complexity index is 979. The third-order valence-corrected chi connectivity index (χ3v) is 7.76. The number of aliphatic hydroxyl groups excluding tert-OH is 1. The van der Waals surface area contributed by atoms with Gasteiger partial charge in [-0.05, 0) is 32.0 Å². The lowest BCUT2D eigenvalue weighted by atomic mass is 9.89. The molecule has 1 aliphatic carbocycles. The highest BCUT2D eigenvalue weighted by Gasteiger charge is 2.30. The molecule has 1 aliphatic rings. The molecule has 172 valence electrons. The molecule has 1 fully saturated rings. The average molecular weight is 495 g/mol. The molecule has 0 amide bonds. The maximum absolute atomic E-state index is 14.8. The van der Waals surface area contributed by atoms with Gasteiger partial charge in [0.15, 0.2) is 5.13 Å². The summed E-state index contributed by atoms with van der Waals surface area (Å²) in [7, 11) is -2.38. The molecule has 1 saturated carbocycles. The fraction of sp³-hybridized carbons (Fsp3) is 0.526. The van der Waals surface area contributed by atoms with Crippen molar-refractivity contribution in [2.45, 2.75) is 48.8 Å². The predicted molar refractivity (Wildman–Crippen MR) is 119 cm³/mol. The van der Waals surface area contributed by atoms with Crippen LogP contribution in [0, 0.1) is 5.82 Å². The second kappa shape index (κ2) is 10.4. The first kappa shape index (κ1) is 24.1. The number of alkyl halides is 1. The zero-order chi connectivity index (χ0) is 22.6. The van der Waals surface area contributed by atoms with Crippen LogP contribution < -0.4 is 10.0 Å². The van der Waals surface area contributed by atoms with Crippen LogP contribution in [0.25, 0.3) is 0 Å². The first-order valence-corrected chi connectivity index (χ1v) is 12.6. The van der Waals surface area contributed by atoms with E-state index in [0.717, 1.165) is 49.2 Å². The van der Waals surface area contributed by atoms with Crippen molar-refractivity contribution in [3.63, 3.8) is 0 Å². The number of nitrogens with zero attached hydrogens (tertiary/aromatic N) is 2. The number of nitrogens with one attached hydrogen (secondary N) is 2. The third kappa shape index (κ3) is 6.04. The maximum Gasteiger partial charge on any atom is 0.266 e. The number of sulfonamides is 1. The molecule has 12 heteroatoms. The highest BCUT2D eigenvalue weighted by Crippen LogP contribution is 2.33. The topological polar surface area (TPSA) is 94.6 Å². The Balaban J connectivity index is 1.79. The first-order chi connectivity index (χ1) is 14.7. The maximum atomic E-state index is 14.8. The fourth-order valence-electron chi connectivity index (χ4n) is 3.81. The molecule has 2 aromatic rings. The van der Waals surface area contributed by atoms with Crippen molar-refractivity contribution in [3.8, 4) is 0 Å². The molecule has 0 radical (unpaired) electrons. The van der Waals surface area contributed by atoms with E-state index in [-0.39, 0.29) is 34.5 Å². The third-order valence-electron chi connectivity index (χ3n) is 5.28. The molecule has 1 aromatic carbocycles. The number of aromatic nitrogens is 1. The number of rotatable bonds is 9. The van der Waals surface area contributed by atoms with Crippen LogP contribution >= 0.6 is 22.9 Å². The Morgan fingerprint density at radius 3 is 2.81 bits per heavy atom. The monoisotopic (exact) mass is 494 g/mol. The van der Waals surface area contributed by atoms with E-state index in [4.69, 9.17) is 11.6 Å². The molecule has 31 heavy (non-hydrogen) atoms. The molecule has 1 aromatic heterocycles. The second-order valence-corrected chi connectivity index (χ2v) is 10.5. The number of hydrogen-bond donors (Lipinski definition) is 3. The van der Waals surface area contributed by atoms with Gasteiger partial charge in [-0.2, -0.15) is 0 Å². The lowest BCUT2D eigenvalue weighted by Crippen LogP contribution is -2.49. The van der Waals surface area contributed by atoms with Crippen molar-refractivity contribution in [1.82, 2.24) is 9.88 Å². The van der Waals surface area contributed by atoms with Crippen LogP contribution in [-0.2, 0) is 10.0 Å². The van der Waals surface area contributed by atoms with Gasteiger partial charge in [-0.15, -0.1) is 11.3 Å². The molecule has 3 rings (SSSR count). The lowest BCUT2D eigenvalue weighted by molar-refractivity contribution is 0.0701. The largest absolute Gasteiger partial charge is 0.389 e. The Kier molecular flexibility index (Phi) is 8.08. The van der Waals surface area contributed by atoms with Gasteiger partial charge < -0.3 is 10.4 Å². The van der Waals surface area contributed by atoms with Gasteiger partial charge in [-0.25, -0.2) is 22.2 Å². The smallest absolute Gasteiger partial charge is 0.266 e. The van der Waals surface area contributed by atoms with Gasteiger partial charge >= 0.3 is 0 Å². The molecule has 0 aliphatic heterocycles. The zero-order valence-electron chi connectivity index (χ0n) is 16.9. The second-order valence-electron chi connectivity index (χ2n) is 7.56. The van der Waals surface area contributed by atoms with E-state index in [9.17, 15) is 22.3 Å². The van der Waals surface area contributed by atoms with Crippen LogP contribution in [0.2, 0.25) is 5.02 Å². The normalized spacial score (nSPS) is 20.6. The van der Waals surface area contributed by atoms with Crippen molar-refractivity contribution in [2.24, 2.45) is 0 Å². The number of aliphatic hydroxyl groups is 1. The summed E-state index contributed by atoms with van der Waals surface area (Å²) >= 11 is 7.38. The average Bonchev–Trinajstić information content (AvgIpc) is 3.22. The number of hydrogen-bond acceptors (Lipinski definition) is 7. The number of anilines is 2. The minimum absolute atomic E-state index is 0.0101. The molecule has 0 bridgehead atoms. The van der Waals surface area contributed by atoms with Crippen LogP contribution in [0.3, 0.4) is 0 Å². The van der Waals surface area contributed by atoms with Gasteiger partial charge in [0, 0.05) is 30.2 Å². The van der Waals surface area contributed by atoms with E-state index in [0.29, 0.717) is 0 Å². The van der Waals surface area contributed by atoms with Crippen LogP contribution in [0.1, 0.15) is 25.7 Å². The zero-order valence-corrected chi connectivity index (χ0v) is 19.3. The summed E-state index contributed by atoms with van der Waals surface area (Å²) in [5, 5.41) is 14.6. The Morgan fingerprint density at radius 1 is 1.39 bits per heavy atom. The molecule has 1 heterocycles. The van der Waals surface area contributed by atoms with Crippen molar-refractivity contribution in [1.29, 1.82) is 0 Å². The SMILES string of the molecule is CN(C[C@@H](O)CF)[C@H]1CCCC[C@@H]1Nc1cc(F)c(S(=O)(=O)Nc2nccs2)cc1Cl. The van der Waals surface area contributed by atoms with Crippen LogP contribution in [0.4, 0.5) is 19.6 Å². The van der Waals surface area contributed by atoms with Gasteiger partial charge in [0.1, 0.15) is 17.4 Å². The minimum atomic E-state index is -4.19. The Labute approximate surface area is 189 Å². The first-order valence-electron chi connectivity index (χ1n) is 9.83. The van der Waals surface area contributed by atoms with E-state index in [2.05, 4.69) is 15.0 Å². The van der Waals surface area contributed by atoms with Gasteiger partial charge in [-0.3, -0.25) is 9.62 Å².